The number of carboxylic acids is 1. The number of carboxylic acid groups (broad SMARTS) is 1. The molecule has 0 saturated heterocycles. The third-order valence-corrected chi connectivity index (χ3v) is 2.08. The van der Waals surface area contributed by atoms with Crippen molar-refractivity contribution in [3.8, 4) is 0 Å². The lowest BCUT2D eigenvalue weighted by atomic mass is 10.1. The van der Waals surface area contributed by atoms with Crippen LogP contribution in [0.3, 0.4) is 0 Å². The summed E-state index contributed by atoms with van der Waals surface area (Å²) in [6.45, 7) is 1.73. The van der Waals surface area contributed by atoms with E-state index in [1.165, 1.54) is 0 Å². The summed E-state index contributed by atoms with van der Waals surface area (Å²) < 4.78 is 4.24. The van der Waals surface area contributed by atoms with E-state index in [1.807, 2.05) is 0 Å². The van der Waals surface area contributed by atoms with Crippen molar-refractivity contribution in [1.82, 2.24) is 15.6 Å². The van der Waals surface area contributed by atoms with Gasteiger partial charge in [-0.05, 0) is 16.7 Å². The molecule has 1 aromatic rings. The van der Waals surface area contributed by atoms with E-state index in [4.69, 9.17) is 10.8 Å². The number of carbonyl (C=O) groups is 2. The lowest BCUT2D eigenvalue weighted by Crippen LogP contribution is -2.33. The van der Waals surface area contributed by atoms with Gasteiger partial charge >= 0.3 is 5.97 Å². The molecule has 16 heavy (non-hydrogen) atoms. The number of rotatable bonds is 5. The molecule has 1 unspecified atom stereocenters. The van der Waals surface area contributed by atoms with Crippen LogP contribution in [-0.4, -0.2) is 33.8 Å². The van der Waals surface area contributed by atoms with Gasteiger partial charge in [0.05, 0.1) is 5.92 Å². The first kappa shape index (κ1) is 12.0. The van der Waals surface area contributed by atoms with Gasteiger partial charge in [0.1, 0.15) is 0 Å². The molecule has 88 valence electrons. The molecule has 8 heteroatoms. The molecule has 0 aliphatic rings. The number of nitrogens with two attached hydrogens (primary N) is 1. The smallest absolute Gasteiger partial charge is 0.308 e. The highest BCUT2D eigenvalue weighted by atomic mass is 16.6. The predicted molar refractivity (Wildman–Crippen MR) is 52.5 cm³/mol. The summed E-state index contributed by atoms with van der Waals surface area (Å²) in [5, 5.41) is 17.7. The molecule has 0 aliphatic carbocycles. The van der Waals surface area contributed by atoms with E-state index in [0.29, 0.717) is 6.42 Å². The number of nitrogens with zero attached hydrogens (tertiary/aromatic N) is 2. The van der Waals surface area contributed by atoms with Crippen molar-refractivity contribution >= 4 is 17.7 Å². The van der Waals surface area contributed by atoms with E-state index in [2.05, 4.69) is 20.3 Å². The topological polar surface area (TPSA) is 131 Å². The van der Waals surface area contributed by atoms with Gasteiger partial charge in [0.2, 0.25) is 11.5 Å². The van der Waals surface area contributed by atoms with Gasteiger partial charge in [-0.25, -0.2) is 4.63 Å². The number of carbonyl (C=O) groups excluding carboxylic acids is 1. The quantitative estimate of drug-likeness (QED) is 0.618. The summed E-state index contributed by atoms with van der Waals surface area (Å²) in [4.78, 5) is 22.1. The summed E-state index contributed by atoms with van der Waals surface area (Å²) in [7, 11) is 0. The third-order valence-electron chi connectivity index (χ3n) is 2.08. The highest BCUT2D eigenvalue weighted by molar-refractivity contribution is 5.96. The Morgan fingerprint density at radius 2 is 2.25 bits per heavy atom. The van der Waals surface area contributed by atoms with Crippen LogP contribution in [0.1, 0.15) is 23.8 Å². The Balaban J connectivity index is 2.53. The third kappa shape index (κ3) is 2.69. The van der Waals surface area contributed by atoms with E-state index in [-0.39, 0.29) is 18.1 Å². The fourth-order valence-electron chi connectivity index (χ4n) is 1.06. The molecular formula is C8H12N4O4. The Morgan fingerprint density at radius 3 is 2.69 bits per heavy atom. The molecule has 0 radical (unpaired) electrons. The summed E-state index contributed by atoms with van der Waals surface area (Å²) in [6.07, 6.45) is 0.419. The number of hydrogen-bond donors (Lipinski definition) is 3. The van der Waals surface area contributed by atoms with E-state index in [1.54, 1.807) is 6.92 Å². The van der Waals surface area contributed by atoms with Gasteiger partial charge in [-0.3, -0.25) is 9.59 Å². The van der Waals surface area contributed by atoms with Crippen molar-refractivity contribution in [2.75, 3.05) is 12.3 Å². The zero-order valence-corrected chi connectivity index (χ0v) is 8.64. The summed E-state index contributed by atoms with van der Waals surface area (Å²) in [5.41, 5.74) is 5.16. The lowest BCUT2D eigenvalue weighted by molar-refractivity contribution is -0.141. The fourth-order valence-corrected chi connectivity index (χ4v) is 1.06. The van der Waals surface area contributed by atoms with Crippen LogP contribution in [0.5, 0.6) is 0 Å². The van der Waals surface area contributed by atoms with Crippen LogP contribution in [0.2, 0.25) is 0 Å². The molecule has 0 fully saturated rings. The number of amides is 1. The predicted octanol–water partition coefficient (Wildman–Crippen LogP) is -0.508. The molecule has 0 aromatic carbocycles. The van der Waals surface area contributed by atoms with Crippen LogP contribution in [0.4, 0.5) is 5.82 Å². The van der Waals surface area contributed by atoms with Crippen LogP contribution < -0.4 is 11.1 Å². The number of anilines is 1. The molecule has 1 heterocycles. The minimum atomic E-state index is -0.964. The molecule has 0 aliphatic heterocycles. The highest BCUT2D eigenvalue weighted by Crippen LogP contribution is 2.05. The van der Waals surface area contributed by atoms with E-state index in [9.17, 15) is 9.59 Å². The number of aliphatic carboxylic acids is 1. The number of hydrogen-bond acceptors (Lipinski definition) is 6. The minimum absolute atomic E-state index is 0.0109. The summed E-state index contributed by atoms with van der Waals surface area (Å²) in [6, 6.07) is 0. The molecule has 1 atom stereocenters. The van der Waals surface area contributed by atoms with E-state index in [0.717, 1.165) is 0 Å². The van der Waals surface area contributed by atoms with Crippen LogP contribution >= 0.6 is 0 Å². The minimum Gasteiger partial charge on any atom is -0.481 e. The van der Waals surface area contributed by atoms with Gasteiger partial charge in [-0.15, -0.1) is 0 Å². The second kappa shape index (κ2) is 5.10. The first-order valence-electron chi connectivity index (χ1n) is 4.65. The number of aromatic nitrogens is 2. The van der Waals surface area contributed by atoms with Crippen molar-refractivity contribution in [3.63, 3.8) is 0 Å². The molecule has 0 saturated carbocycles. The number of nitrogen functional groups attached to an aromatic ring is 1. The van der Waals surface area contributed by atoms with Gasteiger partial charge < -0.3 is 16.2 Å². The monoisotopic (exact) mass is 228 g/mol. The zero-order chi connectivity index (χ0) is 12.1. The fraction of sp³-hybridized carbons (Fsp3) is 0.500. The van der Waals surface area contributed by atoms with Crippen molar-refractivity contribution in [2.24, 2.45) is 5.92 Å². The first-order chi connectivity index (χ1) is 7.56. The molecular weight excluding hydrogens is 216 g/mol. The summed E-state index contributed by atoms with van der Waals surface area (Å²) in [5.74, 6) is -2.32. The molecule has 0 spiro atoms. The van der Waals surface area contributed by atoms with Crippen molar-refractivity contribution < 1.29 is 19.3 Å². The van der Waals surface area contributed by atoms with Gasteiger partial charge in [0.25, 0.3) is 5.91 Å². The normalized spacial score (nSPS) is 12.1. The maximum absolute atomic E-state index is 11.4. The largest absolute Gasteiger partial charge is 0.481 e. The van der Waals surface area contributed by atoms with Crippen LogP contribution in [0.15, 0.2) is 4.63 Å². The Hall–Kier alpha value is -2.12. The molecule has 1 rings (SSSR count). The van der Waals surface area contributed by atoms with E-state index < -0.39 is 17.8 Å². The maximum atomic E-state index is 11.4. The van der Waals surface area contributed by atoms with Gasteiger partial charge in [-0.1, -0.05) is 6.92 Å². The second-order valence-corrected chi connectivity index (χ2v) is 3.15. The maximum Gasteiger partial charge on any atom is 0.308 e. The van der Waals surface area contributed by atoms with Crippen LogP contribution in [-0.2, 0) is 4.79 Å². The summed E-state index contributed by atoms with van der Waals surface area (Å²) >= 11 is 0. The molecule has 0 bridgehead atoms. The highest BCUT2D eigenvalue weighted by Gasteiger charge is 2.19. The van der Waals surface area contributed by atoms with E-state index >= 15 is 0 Å². The molecule has 4 N–H and O–H groups in total. The van der Waals surface area contributed by atoms with Crippen molar-refractivity contribution in [3.05, 3.63) is 5.69 Å². The molecule has 1 aromatic heterocycles. The Bertz CT molecular complexity index is 389. The van der Waals surface area contributed by atoms with Gasteiger partial charge in [0.15, 0.2) is 0 Å². The van der Waals surface area contributed by atoms with Gasteiger partial charge in [-0.2, -0.15) is 0 Å². The first-order valence-corrected chi connectivity index (χ1v) is 4.65. The standard InChI is InChI=1S/C8H12N4O4/c1-2-4(8(14)15)3-10-7(13)5-6(9)12-16-11-5/h4H,2-3H2,1H3,(H2,9,12)(H,10,13)(H,14,15). The van der Waals surface area contributed by atoms with Crippen molar-refractivity contribution in [2.45, 2.75) is 13.3 Å². The van der Waals surface area contributed by atoms with Crippen LogP contribution in [0.25, 0.3) is 0 Å². The Kier molecular flexibility index (Phi) is 3.81. The Morgan fingerprint density at radius 1 is 1.56 bits per heavy atom. The molecule has 8 nitrogen and oxygen atoms in total. The zero-order valence-electron chi connectivity index (χ0n) is 8.64. The molecule has 1 amide bonds. The van der Waals surface area contributed by atoms with Crippen LogP contribution in [0, 0.1) is 5.92 Å². The number of nitrogens with one attached hydrogen (secondary N) is 1. The lowest BCUT2D eigenvalue weighted by Gasteiger charge is -2.09. The Labute approximate surface area is 90.8 Å². The second-order valence-electron chi connectivity index (χ2n) is 3.15. The average Bonchev–Trinajstić information content (AvgIpc) is 2.64. The average molecular weight is 228 g/mol. The van der Waals surface area contributed by atoms with Crippen molar-refractivity contribution in [1.29, 1.82) is 0 Å². The SMILES string of the molecule is CCC(CNC(=O)c1nonc1N)C(=O)O. The van der Waals surface area contributed by atoms with Gasteiger partial charge in [0, 0.05) is 6.54 Å².